The maximum absolute atomic E-state index is 2.58. The van der Waals surface area contributed by atoms with Gasteiger partial charge in [0.2, 0.25) is 0 Å². The Labute approximate surface area is 112 Å². The molecule has 0 aromatic heterocycles. The Morgan fingerprint density at radius 2 is 1.50 bits per heavy atom. The Morgan fingerprint density at radius 1 is 0.944 bits per heavy atom. The van der Waals surface area contributed by atoms with E-state index in [4.69, 9.17) is 0 Å². The van der Waals surface area contributed by atoms with Crippen LogP contribution in [0, 0.1) is 11.8 Å². The Bertz CT molecular complexity index is 409. The van der Waals surface area contributed by atoms with Crippen LogP contribution >= 0.6 is 0 Å². The van der Waals surface area contributed by atoms with Crippen LogP contribution in [0.15, 0.2) is 24.3 Å². The molecule has 100 valence electrons. The van der Waals surface area contributed by atoms with Gasteiger partial charge in [-0.3, -0.25) is 0 Å². The van der Waals surface area contributed by atoms with Crippen molar-refractivity contribution in [2.45, 2.75) is 53.0 Å². The third kappa shape index (κ3) is 1.75. The van der Waals surface area contributed by atoms with E-state index in [0.717, 1.165) is 0 Å². The summed E-state index contributed by atoms with van der Waals surface area (Å²) in [5.41, 5.74) is 3.32. The topological polar surface area (TPSA) is 3.24 Å². The summed E-state index contributed by atoms with van der Waals surface area (Å²) in [6, 6.07) is 9.58. The van der Waals surface area contributed by atoms with Gasteiger partial charge in [-0.05, 0) is 37.3 Å². The normalized spacial score (nSPS) is 17.9. The fourth-order valence-corrected chi connectivity index (χ4v) is 3.68. The summed E-state index contributed by atoms with van der Waals surface area (Å²) in [5, 5.41) is 0. The first kappa shape index (κ1) is 13.5. The predicted molar refractivity (Wildman–Crippen MR) is 80.3 cm³/mol. The molecule has 0 atom stereocenters. The van der Waals surface area contributed by atoms with Crippen LogP contribution in [0.25, 0.3) is 0 Å². The molecule has 0 N–H and O–H groups in total. The number of fused-ring (bicyclic) bond motifs is 1. The van der Waals surface area contributed by atoms with Crippen molar-refractivity contribution in [2.24, 2.45) is 11.8 Å². The summed E-state index contributed by atoms with van der Waals surface area (Å²) >= 11 is 0. The summed E-state index contributed by atoms with van der Waals surface area (Å²) in [4.78, 5) is 2.58. The number of anilines is 1. The van der Waals surface area contributed by atoms with Crippen LogP contribution in [0.4, 0.5) is 5.69 Å². The van der Waals surface area contributed by atoms with Crippen molar-refractivity contribution in [3.63, 3.8) is 0 Å². The fraction of sp³-hybridized carbons (Fsp3) is 0.647. The number of rotatable bonds is 3. The van der Waals surface area contributed by atoms with E-state index in [1.54, 1.807) is 5.56 Å². The van der Waals surface area contributed by atoms with Gasteiger partial charge in [-0.15, -0.1) is 0 Å². The Kier molecular flexibility index (Phi) is 3.44. The lowest BCUT2D eigenvalue weighted by Gasteiger charge is -2.39. The van der Waals surface area contributed by atoms with E-state index in [9.17, 15) is 0 Å². The number of nitrogens with zero attached hydrogens (tertiary/aromatic N) is 1. The quantitative estimate of drug-likeness (QED) is 0.759. The van der Waals surface area contributed by atoms with Crippen LogP contribution in [0.3, 0.4) is 0 Å². The van der Waals surface area contributed by atoms with Crippen molar-refractivity contribution >= 4 is 5.69 Å². The molecule has 1 aromatic carbocycles. The molecule has 0 spiro atoms. The molecule has 1 aromatic rings. The molecule has 1 nitrogen and oxygen atoms in total. The van der Waals surface area contributed by atoms with Gasteiger partial charge in [0.1, 0.15) is 0 Å². The monoisotopic (exact) mass is 245 g/mol. The van der Waals surface area contributed by atoms with Gasteiger partial charge in [0.25, 0.3) is 0 Å². The van der Waals surface area contributed by atoms with Gasteiger partial charge in [0, 0.05) is 23.7 Å². The van der Waals surface area contributed by atoms with Crippen molar-refractivity contribution in [2.75, 3.05) is 11.4 Å². The molecule has 1 aliphatic rings. The van der Waals surface area contributed by atoms with Crippen LogP contribution in [-0.2, 0) is 5.41 Å². The van der Waals surface area contributed by atoms with E-state index in [-0.39, 0.29) is 0 Å². The van der Waals surface area contributed by atoms with Gasteiger partial charge >= 0.3 is 0 Å². The molecule has 0 fully saturated rings. The minimum atomic E-state index is 0.306. The molecule has 0 amide bonds. The molecule has 0 radical (unpaired) electrons. The van der Waals surface area contributed by atoms with Crippen LogP contribution in [0.2, 0.25) is 0 Å². The van der Waals surface area contributed by atoms with Crippen LogP contribution < -0.4 is 4.90 Å². The van der Waals surface area contributed by atoms with Gasteiger partial charge in [-0.2, -0.15) is 0 Å². The molecule has 0 aliphatic carbocycles. The van der Waals surface area contributed by atoms with E-state index in [2.05, 4.69) is 70.7 Å². The van der Waals surface area contributed by atoms with Crippen molar-refractivity contribution in [1.82, 2.24) is 0 Å². The highest BCUT2D eigenvalue weighted by Crippen LogP contribution is 2.50. The molecule has 1 heteroatoms. The Hall–Kier alpha value is -0.980. The van der Waals surface area contributed by atoms with Gasteiger partial charge in [0.05, 0.1) is 0 Å². The van der Waals surface area contributed by atoms with E-state index in [1.807, 2.05) is 0 Å². The van der Waals surface area contributed by atoms with Gasteiger partial charge in [-0.1, -0.05) is 45.9 Å². The van der Waals surface area contributed by atoms with Gasteiger partial charge in [-0.25, -0.2) is 0 Å². The van der Waals surface area contributed by atoms with Gasteiger partial charge < -0.3 is 4.90 Å². The molecule has 2 rings (SSSR count). The van der Waals surface area contributed by atoms with Crippen molar-refractivity contribution in [1.29, 1.82) is 0 Å². The Balaban J connectivity index is 2.59. The lowest BCUT2D eigenvalue weighted by Crippen LogP contribution is -2.44. The molecule has 0 saturated carbocycles. The second-order valence-corrected chi connectivity index (χ2v) is 6.59. The third-order valence-corrected chi connectivity index (χ3v) is 4.83. The summed E-state index contributed by atoms with van der Waals surface area (Å²) < 4.78 is 0. The second-order valence-electron chi connectivity index (χ2n) is 6.59. The minimum Gasteiger partial charge on any atom is -0.368 e. The average molecular weight is 245 g/mol. The summed E-state index contributed by atoms with van der Waals surface area (Å²) in [6.07, 6.45) is 0. The van der Waals surface area contributed by atoms with E-state index >= 15 is 0 Å². The predicted octanol–water partition coefficient (Wildman–Crippen LogP) is 4.46. The van der Waals surface area contributed by atoms with Gasteiger partial charge in [0.15, 0.2) is 0 Å². The zero-order valence-electron chi connectivity index (χ0n) is 12.7. The van der Waals surface area contributed by atoms with E-state index < -0.39 is 0 Å². The summed E-state index contributed by atoms with van der Waals surface area (Å²) in [6.45, 7) is 15.3. The Morgan fingerprint density at radius 3 is 2.00 bits per heavy atom. The first-order valence-corrected chi connectivity index (χ1v) is 7.27. The zero-order valence-corrected chi connectivity index (χ0v) is 12.7. The number of hydrogen-bond acceptors (Lipinski definition) is 1. The smallest absolute Gasteiger partial charge is 0.0407 e. The first-order chi connectivity index (χ1) is 8.41. The average Bonchev–Trinajstić information content (AvgIpc) is 2.65. The van der Waals surface area contributed by atoms with Crippen LogP contribution in [-0.4, -0.2) is 12.6 Å². The molecule has 0 saturated heterocycles. The zero-order chi connectivity index (χ0) is 13.5. The van der Waals surface area contributed by atoms with E-state index in [1.165, 1.54) is 12.2 Å². The van der Waals surface area contributed by atoms with Crippen LogP contribution in [0.1, 0.15) is 47.1 Å². The largest absolute Gasteiger partial charge is 0.368 e. The third-order valence-electron chi connectivity index (χ3n) is 4.83. The minimum absolute atomic E-state index is 0.306. The summed E-state index contributed by atoms with van der Waals surface area (Å²) in [7, 11) is 0. The standard InChI is InChI=1S/C17H27N/c1-12(2)17(13(3)4)11-18(14(5)6)16-10-8-7-9-15(16)17/h7-10,12-14H,11H2,1-6H3. The van der Waals surface area contributed by atoms with Crippen molar-refractivity contribution in [3.05, 3.63) is 29.8 Å². The lowest BCUT2D eigenvalue weighted by atomic mass is 9.66. The molecular weight excluding hydrogens is 218 g/mol. The highest BCUT2D eigenvalue weighted by atomic mass is 15.2. The highest BCUT2D eigenvalue weighted by molar-refractivity contribution is 5.63. The molecule has 0 bridgehead atoms. The van der Waals surface area contributed by atoms with Crippen molar-refractivity contribution in [3.8, 4) is 0 Å². The highest BCUT2D eigenvalue weighted by Gasteiger charge is 2.47. The molecule has 0 unspecified atom stereocenters. The first-order valence-electron chi connectivity index (χ1n) is 7.27. The lowest BCUT2D eigenvalue weighted by molar-refractivity contribution is 0.235. The number of hydrogen-bond donors (Lipinski definition) is 0. The molecule has 18 heavy (non-hydrogen) atoms. The molecule has 1 heterocycles. The van der Waals surface area contributed by atoms with Crippen LogP contribution in [0.5, 0.6) is 0 Å². The SMILES string of the molecule is CC(C)N1CC(C(C)C)(C(C)C)c2ccccc21. The van der Waals surface area contributed by atoms with E-state index in [0.29, 0.717) is 23.3 Å². The molecule has 1 aliphatic heterocycles. The summed E-state index contributed by atoms with van der Waals surface area (Å²) in [5.74, 6) is 1.34. The maximum atomic E-state index is 2.58. The molecular formula is C17H27N. The number of benzene rings is 1. The maximum Gasteiger partial charge on any atom is 0.0407 e. The second kappa shape index (κ2) is 4.60. The fourth-order valence-electron chi connectivity index (χ4n) is 3.68. The number of para-hydroxylation sites is 1. The van der Waals surface area contributed by atoms with Crippen molar-refractivity contribution < 1.29 is 0 Å².